The van der Waals surface area contributed by atoms with Crippen LogP contribution in [0, 0.1) is 0 Å². The quantitative estimate of drug-likeness (QED) is 0.571. The first kappa shape index (κ1) is 24.2. The maximum Gasteiger partial charge on any atom is 0.407 e. The molecule has 3 amide bonds. The van der Waals surface area contributed by atoms with E-state index in [9.17, 15) is 14.4 Å². The van der Waals surface area contributed by atoms with E-state index in [0.29, 0.717) is 17.3 Å². The van der Waals surface area contributed by atoms with Crippen molar-refractivity contribution < 1.29 is 19.1 Å². The number of hydrogen-bond acceptors (Lipinski definition) is 4. The lowest BCUT2D eigenvalue weighted by atomic mass is 10.1. The average molecular weight is 446 g/mol. The first-order chi connectivity index (χ1) is 14.6. The Labute approximate surface area is 187 Å². The van der Waals surface area contributed by atoms with E-state index >= 15 is 0 Å². The van der Waals surface area contributed by atoms with Crippen molar-refractivity contribution in [2.75, 3.05) is 11.9 Å². The molecule has 166 valence electrons. The van der Waals surface area contributed by atoms with Gasteiger partial charge in [-0.2, -0.15) is 0 Å². The van der Waals surface area contributed by atoms with Crippen LogP contribution >= 0.6 is 11.6 Å². The zero-order chi connectivity index (χ0) is 22.9. The van der Waals surface area contributed by atoms with Gasteiger partial charge in [0, 0.05) is 30.2 Å². The van der Waals surface area contributed by atoms with Crippen molar-refractivity contribution >= 4 is 35.2 Å². The fourth-order valence-electron chi connectivity index (χ4n) is 2.67. The normalized spacial score (nSPS) is 10.8. The van der Waals surface area contributed by atoms with E-state index in [1.165, 1.54) is 0 Å². The number of hydrogen-bond donors (Lipinski definition) is 3. The zero-order valence-corrected chi connectivity index (χ0v) is 18.7. The van der Waals surface area contributed by atoms with Crippen LogP contribution in [0.15, 0.2) is 48.5 Å². The molecule has 2 aromatic carbocycles. The van der Waals surface area contributed by atoms with Gasteiger partial charge in [-0.3, -0.25) is 9.59 Å². The second-order valence-corrected chi connectivity index (χ2v) is 8.45. The molecule has 0 atom stereocenters. The van der Waals surface area contributed by atoms with Gasteiger partial charge in [0.05, 0.1) is 6.42 Å². The Morgan fingerprint density at radius 2 is 1.65 bits per heavy atom. The van der Waals surface area contributed by atoms with Crippen LogP contribution in [0.2, 0.25) is 5.02 Å². The number of halogens is 1. The molecule has 31 heavy (non-hydrogen) atoms. The number of amides is 3. The molecule has 0 saturated heterocycles. The summed E-state index contributed by atoms with van der Waals surface area (Å²) in [5.41, 5.74) is 1.72. The van der Waals surface area contributed by atoms with Crippen LogP contribution in [0.1, 0.15) is 38.3 Å². The van der Waals surface area contributed by atoms with Gasteiger partial charge in [-0.05, 0) is 56.2 Å². The summed E-state index contributed by atoms with van der Waals surface area (Å²) in [7, 11) is 0. The summed E-state index contributed by atoms with van der Waals surface area (Å²) >= 11 is 5.94. The highest BCUT2D eigenvalue weighted by Crippen LogP contribution is 2.13. The summed E-state index contributed by atoms with van der Waals surface area (Å²) in [6, 6.07) is 14.4. The van der Waals surface area contributed by atoms with Gasteiger partial charge < -0.3 is 20.7 Å². The predicted octanol–water partition coefficient (Wildman–Crippen LogP) is 4.05. The minimum absolute atomic E-state index is 0.111. The van der Waals surface area contributed by atoms with Gasteiger partial charge in [-0.1, -0.05) is 35.9 Å². The summed E-state index contributed by atoms with van der Waals surface area (Å²) in [5, 5.41) is 8.77. The van der Waals surface area contributed by atoms with Gasteiger partial charge in [-0.25, -0.2) is 4.79 Å². The summed E-state index contributed by atoms with van der Waals surface area (Å²) in [6.07, 6.45) is -0.211. The van der Waals surface area contributed by atoms with Gasteiger partial charge in [0.1, 0.15) is 5.60 Å². The van der Waals surface area contributed by atoms with Crippen LogP contribution in [0.5, 0.6) is 0 Å². The molecule has 0 aromatic heterocycles. The first-order valence-corrected chi connectivity index (χ1v) is 10.4. The molecule has 2 aromatic rings. The van der Waals surface area contributed by atoms with Crippen molar-refractivity contribution in [3.05, 3.63) is 64.7 Å². The summed E-state index contributed by atoms with van der Waals surface area (Å²) in [6.45, 7) is 5.81. The number of benzene rings is 2. The molecule has 0 heterocycles. The van der Waals surface area contributed by atoms with Crippen LogP contribution < -0.4 is 16.0 Å². The molecular formula is C23H28ClN3O4. The molecule has 0 saturated carbocycles. The third-order valence-electron chi connectivity index (χ3n) is 3.97. The molecule has 0 aliphatic carbocycles. The van der Waals surface area contributed by atoms with E-state index in [1.54, 1.807) is 57.2 Å². The molecule has 0 unspecified atom stereocenters. The van der Waals surface area contributed by atoms with Crippen LogP contribution in [0.3, 0.4) is 0 Å². The fraction of sp³-hybridized carbons (Fsp3) is 0.348. The van der Waals surface area contributed by atoms with E-state index in [0.717, 1.165) is 11.1 Å². The lowest BCUT2D eigenvalue weighted by Gasteiger charge is -2.19. The molecule has 8 heteroatoms. The SMILES string of the molecule is CC(C)(C)OC(=O)NCCC(=O)Nc1cccc(CNC(=O)Cc2cccc(Cl)c2)c1. The Morgan fingerprint density at radius 3 is 2.35 bits per heavy atom. The zero-order valence-electron chi connectivity index (χ0n) is 18.0. The Bertz CT molecular complexity index is 925. The molecule has 0 radical (unpaired) electrons. The average Bonchev–Trinajstić information content (AvgIpc) is 2.65. The number of carbonyl (C=O) groups is 3. The highest BCUT2D eigenvalue weighted by atomic mass is 35.5. The van der Waals surface area contributed by atoms with Crippen molar-refractivity contribution in [1.82, 2.24) is 10.6 Å². The number of alkyl carbamates (subject to hydrolysis) is 1. The third kappa shape index (κ3) is 10.00. The highest BCUT2D eigenvalue weighted by molar-refractivity contribution is 6.30. The fourth-order valence-corrected chi connectivity index (χ4v) is 2.88. The van der Waals surface area contributed by atoms with Crippen LogP contribution in [0.4, 0.5) is 10.5 Å². The second-order valence-electron chi connectivity index (χ2n) is 8.01. The Balaban J connectivity index is 1.76. The molecule has 7 nitrogen and oxygen atoms in total. The van der Waals surface area contributed by atoms with Crippen molar-refractivity contribution in [1.29, 1.82) is 0 Å². The minimum atomic E-state index is -0.587. The molecular weight excluding hydrogens is 418 g/mol. The van der Waals surface area contributed by atoms with Crippen LogP contribution in [-0.4, -0.2) is 30.1 Å². The van der Waals surface area contributed by atoms with Crippen molar-refractivity contribution in [3.8, 4) is 0 Å². The second kappa shape index (κ2) is 11.4. The number of nitrogens with one attached hydrogen (secondary N) is 3. The molecule has 0 aliphatic heterocycles. The summed E-state index contributed by atoms with van der Waals surface area (Å²) < 4.78 is 5.12. The minimum Gasteiger partial charge on any atom is -0.444 e. The molecule has 2 rings (SSSR count). The van der Waals surface area contributed by atoms with Crippen LogP contribution in [0.25, 0.3) is 0 Å². The molecule has 0 spiro atoms. The Kier molecular flexibility index (Phi) is 8.88. The summed E-state index contributed by atoms with van der Waals surface area (Å²) in [5.74, 6) is -0.358. The smallest absolute Gasteiger partial charge is 0.407 e. The largest absolute Gasteiger partial charge is 0.444 e. The monoisotopic (exact) mass is 445 g/mol. The van der Waals surface area contributed by atoms with E-state index in [2.05, 4.69) is 16.0 Å². The first-order valence-electron chi connectivity index (χ1n) is 9.97. The molecule has 0 aliphatic rings. The number of rotatable bonds is 8. The van der Waals surface area contributed by atoms with Gasteiger partial charge in [0.15, 0.2) is 0 Å². The lowest BCUT2D eigenvalue weighted by molar-refractivity contribution is -0.120. The van der Waals surface area contributed by atoms with E-state index in [4.69, 9.17) is 16.3 Å². The van der Waals surface area contributed by atoms with Crippen molar-refractivity contribution in [3.63, 3.8) is 0 Å². The van der Waals surface area contributed by atoms with Gasteiger partial charge in [0.2, 0.25) is 11.8 Å². The molecule has 3 N–H and O–H groups in total. The number of carbonyl (C=O) groups excluding carboxylic acids is 3. The Hall–Kier alpha value is -3.06. The maximum absolute atomic E-state index is 12.2. The van der Waals surface area contributed by atoms with Gasteiger partial charge in [0.25, 0.3) is 0 Å². The standard InChI is InChI=1S/C23H28ClN3O4/c1-23(2,3)31-22(30)25-11-10-20(28)27-19-9-5-7-17(13-19)15-26-21(29)14-16-6-4-8-18(24)12-16/h4-9,12-13H,10-11,14-15H2,1-3H3,(H,25,30)(H,26,29)(H,27,28). The maximum atomic E-state index is 12.2. The molecule has 0 bridgehead atoms. The van der Waals surface area contributed by atoms with E-state index < -0.39 is 11.7 Å². The third-order valence-corrected chi connectivity index (χ3v) is 4.21. The lowest BCUT2D eigenvalue weighted by Crippen LogP contribution is -2.34. The molecule has 0 fully saturated rings. The van der Waals surface area contributed by atoms with E-state index in [-0.39, 0.29) is 31.2 Å². The summed E-state index contributed by atoms with van der Waals surface area (Å²) in [4.78, 5) is 35.9. The highest BCUT2D eigenvalue weighted by Gasteiger charge is 2.16. The van der Waals surface area contributed by atoms with Gasteiger partial charge in [-0.15, -0.1) is 0 Å². The van der Waals surface area contributed by atoms with E-state index in [1.807, 2.05) is 12.1 Å². The Morgan fingerprint density at radius 1 is 0.935 bits per heavy atom. The number of ether oxygens (including phenoxy) is 1. The van der Waals surface area contributed by atoms with Crippen LogP contribution in [-0.2, 0) is 27.3 Å². The van der Waals surface area contributed by atoms with Crippen molar-refractivity contribution in [2.45, 2.75) is 45.8 Å². The van der Waals surface area contributed by atoms with Gasteiger partial charge >= 0.3 is 6.09 Å². The van der Waals surface area contributed by atoms with Crippen molar-refractivity contribution in [2.24, 2.45) is 0 Å². The number of anilines is 1. The topological polar surface area (TPSA) is 96.5 Å². The predicted molar refractivity (Wildman–Crippen MR) is 121 cm³/mol.